The van der Waals surface area contributed by atoms with Crippen LogP contribution >= 0.6 is 11.6 Å². The van der Waals surface area contributed by atoms with Gasteiger partial charge in [0.05, 0.1) is 16.5 Å². The van der Waals surface area contributed by atoms with Gasteiger partial charge in [-0.05, 0) is 31.5 Å². The van der Waals surface area contributed by atoms with Crippen LogP contribution in [0.25, 0.3) is 0 Å². The molecule has 6 nitrogen and oxygen atoms in total. The summed E-state index contributed by atoms with van der Waals surface area (Å²) in [5.74, 6) is -0.702. The minimum absolute atomic E-state index is 0.0246. The smallest absolute Gasteiger partial charge is 0.243 e. The van der Waals surface area contributed by atoms with E-state index in [0.717, 1.165) is 25.0 Å². The van der Waals surface area contributed by atoms with E-state index in [-0.39, 0.29) is 41.5 Å². The Morgan fingerprint density at radius 3 is 2.54 bits per heavy atom. The third-order valence-electron chi connectivity index (χ3n) is 4.36. The van der Waals surface area contributed by atoms with Crippen LogP contribution in [0.2, 0.25) is 5.02 Å². The molecule has 1 aromatic rings. The Bertz CT molecular complexity index is 737. The molecule has 1 fully saturated rings. The maximum atomic E-state index is 13.3. The number of hydrogen-bond acceptors (Lipinski definition) is 4. The van der Waals surface area contributed by atoms with Gasteiger partial charge in [0, 0.05) is 32.2 Å². The number of halogens is 2. The summed E-state index contributed by atoms with van der Waals surface area (Å²) in [6, 6.07) is 3.53. The Morgan fingerprint density at radius 1 is 1.31 bits per heavy atom. The monoisotopic (exact) mass is 405 g/mol. The molecule has 1 atom stereocenters. The number of carbonyl (C=O) groups excluding carboxylic acids is 1. The van der Waals surface area contributed by atoms with E-state index >= 15 is 0 Å². The first kappa shape index (κ1) is 21.1. The number of hydrogen-bond donors (Lipinski definition) is 1. The van der Waals surface area contributed by atoms with Crippen molar-refractivity contribution in [2.24, 2.45) is 0 Å². The molecule has 1 heterocycles. The Morgan fingerprint density at radius 2 is 1.96 bits per heavy atom. The molecule has 2 rings (SSSR count). The molecule has 1 saturated heterocycles. The summed E-state index contributed by atoms with van der Waals surface area (Å²) in [5, 5.41) is 2.72. The lowest BCUT2D eigenvalue weighted by Gasteiger charge is -2.33. The second kappa shape index (κ2) is 9.12. The fourth-order valence-electron chi connectivity index (χ4n) is 2.94. The molecule has 0 saturated carbocycles. The number of rotatable bonds is 7. The van der Waals surface area contributed by atoms with E-state index in [0.29, 0.717) is 13.1 Å². The van der Waals surface area contributed by atoms with Crippen molar-refractivity contribution in [2.45, 2.75) is 37.6 Å². The molecule has 1 aliphatic heterocycles. The van der Waals surface area contributed by atoms with Crippen molar-refractivity contribution in [1.29, 1.82) is 0 Å². The van der Waals surface area contributed by atoms with Gasteiger partial charge in [-0.2, -0.15) is 4.31 Å². The highest BCUT2D eigenvalue weighted by molar-refractivity contribution is 7.89. The molecule has 9 heteroatoms. The molecule has 0 radical (unpaired) electrons. The number of nitrogens with one attached hydrogen (secondary N) is 1. The summed E-state index contributed by atoms with van der Waals surface area (Å²) >= 11 is 5.69. The first-order valence-corrected chi connectivity index (χ1v) is 10.5. The van der Waals surface area contributed by atoms with Crippen molar-refractivity contribution in [3.8, 4) is 0 Å². The summed E-state index contributed by atoms with van der Waals surface area (Å²) < 4.78 is 39.9. The Labute approximate surface area is 159 Å². The van der Waals surface area contributed by atoms with Crippen molar-refractivity contribution in [2.75, 3.05) is 32.7 Å². The van der Waals surface area contributed by atoms with E-state index in [9.17, 15) is 17.6 Å². The summed E-state index contributed by atoms with van der Waals surface area (Å²) in [4.78, 5) is 13.9. The lowest BCUT2D eigenvalue weighted by molar-refractivity contribution is -0.123. The topological polar surface area (TPSA) is 69.7 Å². The number of benzene rings is 1. The van der Waals surface area contributed by atoms with Gasteiger partial charge in [0.1, 0.15) is 5.82 Å². The highest BCUT2D eigenvalue weighted by Gasteiger charge is 2.29. The fourth-order valence-corrected chi connectivity index (χ4v) is 4.64. The minimum Gasteiger partial charge on any atom is -0.353 e. The predicted molar refractivity (Wildman–Crippen MR) is 99.1 cm³/mol. The molecule has 1 N–H and O–H groups in total. The first-order valence-electron chi connectivity index (χ1n) is 8.71. The first-order chi connectivity index (χ1) is 12.2. The molecule has 1 amide bonds. The molecule has 1 aromatic carbocycles. The van der Waals surface area contributed by atoms with Gasteiger partial charge in [-0.1, -0.05) is 24.9 Å². The zero-order valence-corrected chi connectivity index (χ0v) is 16.6. The van der Waals surface area contributed by atoms with Crippen molar-refractivity contribution >= 4 is 27.5 Å². The van der Waals surface area contributed by atoms with E-state index in [1.54, 1.807) is 0 Å². The Balaban J connectivity index is 1.91. The van der Waals surface area contributed by atoms with E-state index in [1.165, 1.54) is 10.4 Å². The third-order valence-corrected chi connectivity index (χ3v) is 6.54. The molecule has 0 unspecified atom stereocenters. The number of nitrogens with zero attached hydrogens (tertiary/aromatic N) is 2. The molecule has 0 bridgehead atoms. The molecule has 0 aliphatic carbocycles. The normalized spacial score (nSPS) is 17.8. The molecular weight excluding hydrogens is 381 g/mol. The predicted octanol–water partition coefficient (Wildman–Crippen LogP) is 2.09. The summed E-state index contributed by atoms with van der Waals surface area (Å²) in [6.45, 7) is 5.76. The van der Waals surface area contributed by atoms with E-state index in [1.807, 2.05) is 11.8 Å². The third kappa shape index (κ3) is 5.39. The number of amides is 1. The van der Waals surface area contributed by atoms with Gasteiger partial charge in [0.2, 0.25) is 15.9 Å². The number of carbonyl (C=O) groups is 1. The van der Waals surface area contributed by atoms with Gasteiger partial charge in [-0.3, -0.25) is 9.69 Å². The minimum atomic E-state index is -3.72. The van der Waals surface area contributed by atoms with Crippen LogP contribution in [0.4, 0.5) is 4.39 Å². The van der Waals surface area contributed by atoms with Gasteiger partial charge in [0.15, 0.2) is 0 Å². The van der Waals surface area contributed by atoms with Crippen LogP contribution in [-0.4, -0.2) is 62.3 Å². The zero-order valence-electron chi connectivity index (χ0n) is 15.0. The van der Waals surface area contributed by atoms with Crippen molar-refractivity contribution in [3.05, 3.63) is 29.0 Å². The van der Waals surface area contributed by atoms with Crippen molar-refractivity contribution < 1.29 is 17.6 Å². The van der Waals surface area contributed by atoms with Crippen LogP contribution in [0.3, 0.4) is 0 Å². The van der Waals surface area contributed by atoms with Gasteiger partial charge >= 0.3 is 0 Å². The van der Waals surface area contributed by atoms with Gasteiger partial charge in [0.25, 0.3) is 0 Å². The van der Waals surface area contributed by atoms with Crippen molar-refractivity contribution in [3.63, 3.8) is 0 Å². The van der Waals surface area contributed by atoms with Gasteiger partial charge in [-0.15, -0.1) is 0 Å². The SMILES string of the molecule is CCC[C@@H](C)NC(=O)CN1CCN(S(=O)(=O)c2ccc(F)c(Cl)c2)CC1. The maximum absolute atomic E-state index is 13.3. The second-order valence-corrected chi connectivity index (χ2v) is 8.86. The van der Waals surface area contributed by atoms with Crippen LogP contribution in [-0.2, 0) is 14.8 Å². The maximum Gasteiger partial charge on any atom is 0.243 e. The summed E-state index contributed by atoms with van der Waals surface area (Å²) in [7, 11) is -3.72. The van der Waals surface area contributed by atoms with Crippen LogP contribution in [0.1, 0.15) is 26.7 Å². The van der Waals surface area contributed by atoms with Crippen LogP contribution in [0.5, 0.6) is 0 Å². The molecule has 1 aliphatic rings. The highest BCUT2D eigenvalue weighted by Crippen LogP contribution is 2.23. The van der Waals surface area contributed by atoms with E-state index in [4.69, 9.17) is 11.6 Å². The van der Waals surface area contributed by atoms with E-state index < -0.39 is 15.8 Å². The summed E-state index contributed by atoms with van der Waals surface area (Å²) in [6.07, 6.45) is 1.93. The van der Waals surface area contributed by atoms with E-state index in [2.05, 4.69) is 12.2 Å². The number of sulfonamides is 1. The molecule has 26 heavy (non-hydrogen) atoms. The lowest BCUT2D eigenvalue weighted by Crippen LogP contribution is -2.51. The largest absolute Gasteiger partial charge is 0.353 e. The Hall–Kier alpha value is -1.22. The fraction of sp³-hybridized carbons (Fsp3) is 0.588. The quantitative estimate of drug-likeness (QED) is 0.754. The van der Waals surface area contributed by atoms with Crippen LogP contribution < -0.4 is 5.32 Å². The lowest BCUT2D eigenvalue weighted by atomic mass is 10.2. The Kier molecular flexibility index (Phi) is 7.40. The zero-order chi connectivity index (χ0) is 19.3. The number of piperazine rings is 1. The molecule has 0 spiro atoms. The van der Waals surface area contributed by atoms with Gasteiger partial charge in [-0.25, -0.2) is 12.8 Å². The molecule has 146 valence electrons. The van der Waals surface area contributed by atoms with Gasteiger partial charge < -0.3 is 5.32 Å². The molecular formula is C17H25ClFN3O3S. The second-order valence-electron chi connectivity index (χ2n) is 6.51. The average molecular weight is 406 g/mol. The molecule has 0 aromatic heterocycles. The highest BCUT2D eigenvalue weighted by atomic mass is 35.5. The van der Waals surface area contributed by atoms with Crippen LogP contribution in [0.15, 0.2) is 23.1 Å². The van der Waals surface area contributed by atoms with Crippen molar-refractivity contribution in [1.82, 2.24) is 14.5 Å². The standard InChI is InChI=1S/C17H25ClFN3O3S/c1-3-4-13(2)20-17(23)12-21-7-9-22(10-8-21)26(24,25)14-5-6-16(19)15(18)11-14/h5-6,11,13H,3-4,7-10,12H2,1-2H3,(H,20,23)/t13-/m1/s1. The average Bonchev–Trinajstić information content (AvgIpc) is 2.57. The summed E-state index contributed by atoms with van der Waals surface area (Å²) in [5.41, 5.74) is 0. The van der Waals surface area contributed by atoms with Crippen LogP contribution in [0, 0.1) is 5.82 Å².